The summed E-state index contributed by atoms with van der Waals surface area (Å²) in [7, 11) is 0. The average Bonchev–Trinajstić information content (AvgIpc) is 2.62. The van der Waals surface area contributed by atoms with Crippen LogP contribution >= 0.6 is 0 Å². The van der Waals surface area contributed by atoms with Crippen LogP contribution in [0.25, 0.3) is 0 Å². The van der Waals surface area contributed by atoms with E-state index in [-0.39, 0.29) is 12.6 Å². The maximum atomic E-state index is 11.5. The number of unbranched alkanes of at least 4 members (excludes halogenated alkanes) is 9. The van der Waals surface area contributed by atoms with Crippen LogP contribution in [0.5, 0.6) is 0 Å². The molecule has 0 saturated carbocycles. The first-order valence-corrected chi connectivity index (χ1v) is 10.3. The third-order valence-corrected chi connectivity index (χ3v) is 4.30. The smallest absolute Gasteiger partial charge is 0.305 e. The van der Waals surface area contributed by atoms with E-state index in [1.165, 1.54) is 44.9 Å². The second kappa shape index (κ2) is 19.5. The molecule has 0 fully saturated rings. The third-order valence-electron chi connectivity index (χ3n) is 4.30. The van der Waals surface area contributed by atoms with Gasteiger partial charge in [0.15, 0.2) is 0 Å². The van der Waals surface area contributed by atoms with E-state index in [0.717, 1.165) is 25.7 Å². The minimum absolute atomic E-state index is 0.155. The number of rotatable bonds is 18. The van der Waals surface area contributed by atoms with E-state index in [9.17, 15) is 4.79 Å². The van der Waals surface area contributed by atoms with Crippen LogP contribution in [-0.4, -0.2) is 35.5 Å². The van der Waals surface area contributed by atoms with Crippen LogP contribution in [-0.2, 0) is 9.53 Å². The van der Waals surface area contributed by atoms with Crippen molar-refractivity contribution in [1.82, 2.24) is 0 Å². The van der Waals surface area contributed by atoms with Crippen molar-refractivity contribution in [2.24, 2.45) is 0 Å². The first-order chi connectivity index (χ1) is 12.2. The molecule has 0 radical (unpaired) electrons. The predicted octanol–water partition coefficient (Wildman–Crippen LogP) is 4.92. The van der Waals surface area contributed by atoms with Gasteiger partial charge in [-0.25, -0.2) is 0 Å². The second-order valence-corrected chi connectivity index (χ2v) is 6.83. The molecule has 25 heavy (non-hydrogen) atoms. The van der Waals surface area contributed by atoms with Crippen LogP contribution in [0.1, 0.15) is 96.8 Å². The van der Waals surface area contributed by atoms with Gasteiger partial charge in [-0.2, -0.15) is 0 Å². The lowest BCUT2D eigenvalue weighted by Gasteiger charge is -2.07. The molecule has 2 N–H and O–H groups in total. The lowest BCUT2D eigenvalue weighted by molar-refractivity contribution is -0.144. The van der Waals surface area contributed by atoms with Crippen LogP contribution in [0.4, 0.5) is 0 Å². The van der Waals surface area contributed by atoms with Gasteiger partial charge < -0.3 is 14.9 Å². The van der Waals surface area contributed by atoms with E-state index in [0.29, 0.717) is 25.9 Å². The molecule has 148 valence electrons. The first kappa shape index (κ1) is 24.1. The minimum atomic E-state index is -0.701. The number of hydrogen-bond donors (Lipinski definition) is 2. The quantitative estimate of drug-likeness (QED) is 0.208. The Morgan fingerprint density at radius 2 is 1.52 bits per heavy atom. The number of ether oxygens (including phenoxy) is 1. The fourth-order valence-corrected chi connectivity index (χ4v) is 2.65. The van der Waals surface area contributed by atoms with Crippen molar-refractivity contribution >= 4 is 5.97 Å². The minimum Gasteiger partial charge on any atom is -0.466 e. The van der Waals surface area contributed by atoms with Crippen molar-refractivity contribution in [3.8, 4) is 0 Å². The lowest BCUT2D eigenvalue weighted by Crippen LogP contribution is -2.13. The summed E-state index contributed by atoms with van der Waals surface area (Å²) in [6.45, 7) is 2.34. The van der Waals surface area contributed by atoms with Gasteiger partial charge in [0.05, 0.1) is 19.3 Å². The standard InChI is InChI=1S/C21H40O4/c1-2-3-4-5-6-7-8-9-10-11-12-13-14-17-21(24)25-18-15-16-20(23)19-22/h9-10,20,22-23H,2-8,11-19H2,1H3/b10-9-/t20-/m0/s1. The molecule has 0 aromatic rings. The molecule has 0 rings (SSSR count). The maximum Gasteiger partial charge on any atom is 0.305 e. The number of carbonyl (C=O) groups excluding carboxylic acids is 1. The van der Waals surface area contributed by atoms with Gasteiger partial charge in [0.2, 0.25) is 0 Å². The monoisotopic (exact) mass is 356 g/mol. The Bertz CT molecular complexity index is 315. The highest BCUT2D eigenvalue weighted by molar-refractivity contribution is 5.69. The van der Waals surface area contributed by atoms with Crippen molar-refractivity contribution in [3.05, 3.63) is 12.2 Å². The SMILES string of the molecule is CCCCCCCC/C=C\CCCCCC(=O)OCCC[C@H](O)CO. The molecule has 0 aliphatic heterocycles. The Labute approximate surface area is 154 Å². The van der Waals surface area contributed by atoms with E-state index in [1.54, 1.807) is 0 Å². The summed E-state index contributed by atoms with van der Waals surface area (Å²) in [5.41, 5.74) is 0. The van der Waals surface area contributed by atoms with Gasteiger partial charge in [0.25, 0.3) is 0 Å². The van der Waals surface area contributed by atoms with Gasteiger partial charge in [0.1, 0.15) is 0 Å². The zero-order valence-corrected chi connectivity index (χ0v) is 16.3. The van der Waals surface area contributed by atoms with Gasteiger partial charge in [-0.15, -0.1) is 0 Å². The maximum absolute atomic E-state index is 11.5. The summed E-state index contributed by atoms with van der Waals surface area (Å²) in [5, 5.41) is 17.8. The van der Waals surface area contributed by atoms with Crippen LogP contribution in [0.3, 0.4) is 0 Å². The van der Waals surface area contributed by atoms with Crippen molar-refractivity contribution < 1.29 is 19.7 Å². The molecular formula is C21H40O4. The van der Waals surface area contributed by atoms with Gasteiger partial charge in [-0.1, -0.05) is 57.6 Å². The zero-order valence-electron chi connectivity index (χ0n) is 16.3. The lowest BCUT2D eigenvalue weighted by atomic mass is 10.1. The summed E-state index contributed by atoms with van der Waals surface area (Å²) >= 11 is 0. The number of esters is 1. The number of hydrogen-bond acceptors (Lipinski definition) is 4. The Balaban J connectivity index is 3.26. The van der Waals surface area contributed by atoms with E-state index < -0.39 is 6.10 Å². The molecule has 0 saturated heterocycles. The molecular weight excluding hydrogens is 316 g/mol. The van der Waals surface area contributed by atoms with E-state index >= 15 is 0 Å². The number of allylic oxidation sites excluding steroid dienone is 2. The number of aliphatic hydroxyl groups is 2. The molecule has 0 unspecified atom stereocenters. The van der Waals surface area contributed by atoms with Crippen LogP contribution in [0, 0.1) is 0 Å². The van der Waals surface area contributed by atoms with Gasteiger partial charge >= 0.3 is 5.97 Å². The summed E-state index contributed by atoms with van der Waals surface area (Å²) in [6.07, 6.45) is 18.9. The number of carbonyl (C=O) groups is 1. The summed E-state index contributed by atoms with van der Waals surface area (Å²) in [5.74, 6) is -0.155. The van der Waals surface area contributed by atoms with Crippen molar-refractivity contribution in [1.29, 1.82) is 0 Å². The third kappa shape index (κ3) is 19.3. The Hall–Kier alpha value is -0.870. The van der Waals surface area contributed by atoms with E-state index in [1.807, 2.05) is 0 Å². The largest absolute Gasteiger partial charge is 0.466 e. The molecule has 4 heteroatoms. The van der Waals surface area contributed by atoms with Crippen LogP contribution in [0.2, 0.25) is 0 Å². The Kier molecular flexibility index (Phi) is 18.8. The fourth-order valence-electron chi connectivity index (χ4n) is 2.65. The second-order valence-electron chi connectivity index (χ2n) is 6.83. The average molecular weight is 357 g/mol. The fraction of sp³-hybridized carbons (Fsp3) is 0.857. The molecule has 0 aliphatic carbocycles. The van der Waals surface area contributed by atoms with Crippen LogP contribution in [0.15, 0.2) is 12.2 Å². The van der Waals surface area contributed by atoms with Gasteiger partial charge in [-0.05, 0) is 44.9 Å². The van der Waals surface area contributed by atoms with Crippen molar-refractivity contribution in [3.63, 3.8) is 0 Å². The topological polar surface area (TPSA) is 66.8 Å². The summed E-state index contributed by atoms with van der Waals surface area (Å²) < 4.78 is 5.10. The molecule has 0 aromatic heterocycles. The summed E-state index contributed by atoms with van der Waals surface area (Å²) in [6, 6.07) is 0. The van der Waals surface area contributed by atoms with Crippen LogP contribution < -0.4 is 0 Å². The Morgan fingerprint density at radius 1 is 0.920 bits per heavy atom. The summed E-state index contributed by atoms with van der Waals surface area (Å²) in [4.78, 5) is 11.5. The van der Waals surface area contributed by atoms with E-state index in [4.69, 9.17) is 14.9 Å². The van der Waals surface area contributed by atoms with Gasteiger partial charge in [0, 0.05) is 6.42 Å². The molecule has 0 bridgehead atoms. The molecule has 0 amide bonds. The highest BCUT2D eigenvalue weighted by Gasteiger charge is 2.04. The Morgan fingerprint density at radius 3 is 2.16 bits per heavy atom. The van der Waals surface area contributed by atoms with Gasteiger partial charge in [-0.3, -0.25) is 4.79 Å². The van der Waals surface area contributed by atoms with Crippen molar-refractivity contribution in [2.75, 3.05) is 13.2 Å². The molecule has 0 spiro atoms. The molecule has 0 aliphatic rings. The van der Waals surface area contributed by atoms with Crippen molar-refractivity contribution in [2.45, 2.75) is 103 Å². The normalized spacial score (nSPS) is 12.6. The highest BCUT2D eigenvalue weighted by Crippen LogP contribution is 2.09. The first-order valence-electron chi connectivity index (χ1n) is 10.3. The van der Waals surface area contributed by atoms with E-state index in [2.05, 4.69) is 19.1 Å². The molecule has 0 aromatic carbocycles. The molecule has 4 nitrogen and oxygen atoms in total. The zero-order chi connectivity index (χ0) is 18.6. The molecule has 1 atom stereocenters. The predicted molar refractivity (Wildman–Crippen MR) is 104 cm³/mol. The number of aliphatic hydroxyl groups excluding tert-OH is 2. The molecule has 0 heterocycles. The highest BCUT2D eigenvalue weighted by atomic mass is 16.5.